The van der Waals surface area contributed by atoms with E-state index in [1.54, 1.807) is 6.26 Å². The molecule has 1 aromatic rings. The highest BCUT2D eigenvalue weighted by Gasteiger charge is 2.50. The second-order valence-corrected chi connectivity index (χ2v) is 7.19. The number of furan rings is 1. The highest BCUT2D eigenvalue weighted by molar-refractivity contribution is 5.84. The number of carbonyl (C=O) groups excluding carboxylic acids is 2. The molecule has 1 saturated carbocycles. The third-order valence-electron chi connectivity index (χ3n) is 5.88. The SMILES string of the molecule is CCN1C(=O)C2CCNN2C2CCC(C(=O)NCc3ccco3)CC21. The van der Waals surface area contributed by atoms with Gasteiger partial charge in [-0.3, -0.25) is 15.0 Å². The molecule has 2 N–H and O–H groups in total. The van der Waals surface area contributed by atoms with E-state index in [1.165, 1.54) is 0 Å². The van der Waals surface area contributed by atoms with Crippen LogP contribution in [-0.2, 0) is 16.1 Å². The summed E-state index contributed by atoms with van der Waals surface area (Å²) in [6, 6.07) is 4.09. The van der Waals surface area contributed by atoms with Gasteiger partial charge >= 0.3 is 0 Å². The van der Waals surface area contributed by atoms with Crippen LogP contribution >= 0.6 is 0 Å². The maximum Gasteiger partial charge on any atom is 0.241 e. The topological polar surface area (TPSA) is 77.8 Å². The highest BCUT2D eigenvalue weighted by Crippen LogP contribution is 2.37. The fourth-order valence-electron chi connectivity index (χ4n) is 4.68. The molecule has 4 atom stereocenters. The molecule has 3 heterocycles. The van der Waals surface area contributed by atoms with Crippen LogP contribution in [-0.4, -0.2) is 52.9 Å². The van der Waals surface area contributed by atoms with Gasteiger partial charge in [-0.15, -0.1) is 0 Å². The summed E-state index contributed by atoms with van der Waals surface area (Å²) in [6.45, 7) is 4.03. The maximum absolute atomic E-state index is 12.8. The molecule has 1 aromatic heterocycles. The van der Waals surface area contributed by atoms with E-state index < -0.39 is 0 Å². The average Bonchev–Trinajstić information content (AvgIpc) is 3.31. The molecule has 2 amide bonds. The Morgan fingerprint density at radius 1 is 1.36 bits per heavy atom. The van der Waals surface area contributed by atoms with Gasteiger partial charge in [-0.2, -0.15) is 0 Å². The molecule has 25 heavy (non-hydrogen) atoms. The first-order valence-corrected chi connectivity index (χ1v) is 9.31. The quantitative estimate of drug-likeness (QED) is 0.846. The van der Waals surface area contributed by atoms with Gasteiger partial charge in [0.1, 0.15) is 11.8 Å². The van der Waals surface area contributed by atoms with Gasteiger partial charge in [-0.05, 0) is 44.7 Å². The van der Waals surface area contributed by atoms with E-state index in [1.807, 2.05) is 24.0 Å². The number of nitrogens with one attached hydrogen (secondary N) is 2. The summed E-state index contributed by atoms with van der Waals surface area (Å²) in [5, 5.41) is 5.15. The number of likely N-dealkylation sites (N-methyl/N-ethyl adjacent to an activating group) is 1. The van der Waals surface area contributed by atoms with Gasteiger partial charge in [0.2, 0.25) is 11.8 Å². The molecule has 1 aliphatic carbocycles. The Kier molecular flexibility index (Phi) is 4.52. The van der Waals surface area contributed by atoms with Gasteiger partial charge in [0.05, 0.1) is 12.8 Å². The standard InChI is InChI=1S/C18H26N4O3/c1-2-21-16-10-12(17(23)19-11-13-4-3-9-25-13)5-6-14(16)22-15(18(21)24)7-8-20-22/h3-4,9,12,14-16,20H,2,5-8,10-11H2,1H3,(H,19,23). The number of rotatable bonds is 4. The Morgan fingerprint density at radius 3 is 3.00 bits per heavy atom. The van der Waals surface area contributed by atoms with Gasteiger partial charge in [0, 0.05) is 31.1 Å². The summed E-state index contributed by atoms with van der Waals surface area (Å²) >= 11 is 0. The zero-order chi connectivity index (χ0) is 17.4. The number of fused-ring (bicyclic) bond motifs is 3. The van der Waals surface area contributed by atoms with Crippen molar-refractivity contribution in [3.05, 3.63) is 24.2 Å². The molecule has 4 rings (SSSR count). The van der Waals surface area contributed by atoms with Gasteiger partial charge < -0.3 is 14.6 Å². The number of hydrazine groups is 1. The molecular formula is C18H26N4O3. The molecule has 0 aromatic carbocycles. The molecule has 136 valence electrons. The predicted molar refractivity (Wildman–Crippen MR) is 91.1 cm³/mol. The van der Waals surface area contributed by atoms with Gasteiger partial charge in [-0.25, -0.2) is 5.01 Å². The summed E-state index contributed by atoms with van der Waals surface area (Å²) in [5.74, 6) is 0.992. The largest absolute Gasteiger partial charge is 0.467 e. The van der Waals surface area contributed by atoms with Gasteiger partial charge in [0.25, 0.3) is 0 Å². The van der Waals surface area contributed by atoms with Gasteiger partial charge in [-0.1, -0.05) is 0 Å². The lowest BCUT2D eigenvalue weighted by Crippen LogP contribution is -2.68. The van der Waals surface area contributed by atoms with Crippen molar-refractivity contribution in [2.45, 2.75) is 57.3 Å². The molecule has 3 aliphatic rings. The molecule has 0 bridgehead atoms. The number of hydrogen-bond acceptors (Lipinski definition) is 5. The second kappa shape index (κ2) is 6.80. The Balaban J connectivity index is 1.43. The summed E-state index contributed by atoms with van der Waals surface area (Å²) in [6.07, 6.45) is 5.03. The van der Waals surface area contributed by atoms with Crippen LogP contribution in [0, 0.1) is 5.92 Å². The van der Waals surface area contributed by atoms with Crippen LogP contribution in [0.15, 0.2) is 22.8 Å². The van der Waals surface area contributed by atoms with Crippen LogP contribution in [0.4, 0.5) is 0 Å². The first kappa shape index (κ1) is 16.6. The van der Waals surface area contributed by atoms with Crippen molar-refractivity contribution < 1.29 is 14.0 Å². The van der Waals surface area contributed by atoms with Crippen LogP contribution in [0.1, 0.15) is 38.4 Å². The van der Waals surface area contributed by atoms with Crippen molar-refractivity contribution in [3.63, 3.8) is 0 Å². The number of carbonyl (C=O) groups is 2. The van der Waals surface area contributed by atoms with E-state index in [4.69, 9.17) is 4.42 Å². The van der Waals surface area contributed by atoms with Crippen molar-refractivity contribution in [2.75, 3.05) is 13.1 Å². The maximum atomic E-state index is 12.8. The minimum atomic E-state index is -0.0442. The van der Waals surface area contributed by atoms with E-state index in [0.717, 1.165) is 38.0 Å². The summed E-state index contributed by atoms with van der Waals surface area (Å²) in [5.41, 5.74) is 3.39. The molecular weight excluding hydrogens is 320 g/mol. The highest BCUT2D eigenvalue weighted by atomic mass is 16.3. The minimum Gasteiger partial charge on any atom is -0.467 e. The third-order valence-corrected chi connectivity index (χ3v) is 5.88. The van der Waals surface area contributed by atoms with Gasteiger partial charge in [0.15, 0.2) is 0 Å². The number of amides is 2. The van der Waals surface area contributed by atoms with Crippen LogP contribution < -0.4 is 10.7 Å². The zero-order valence-corrected chi connectivity index (χ0v) is 14.6. The van der Waals surface area contributed by atoms with Crippen LogP contribution in [0.5, 0.6) is 0 Å². The van der Waals surface area contributed by atoms with E-state index in [-0.39, 0.29) is 29.8 Å². The predicted octanol–water partition coefficient (Wildman–Crippen LogP) is 0.874. The van der Waals surface area contributed by atoms with Crippen molar-refractivity contribution in [2.24, 2.45) is 5.92 Å². The van der Waals surface area contributed by atoms with E-state index >= 15 is 0 Å². The second-order valence-electron chi connectivity index (χ2n) is 7.19. The van der Waals surface area contributed by atoms with Crippen LogP contribution in [0.3, 0.4) is 0 Å². The van der Waals surface area contributed by atoms with Crippen LogP contribution in [0.2, 0.25) is 0 Å². The summed E-state index contributed by atoms with van der Waals surface area (Å²) in [7, 11) is 0. The molecule has 2 aliphatic heterocycles. The lowest BCUT2D eigenvalue weighted by Gasteiger charge is -2.51. The molecule has 7 nitrogen and oxygen atoms in total. The Morgan fingerprint density at radius 2 is 2.24 bits per heavy atom. The van der Waals surface area contributed by atoms with Crippen molar-refractivity contribution in [1.82, 2.24) is 20.7 Å². The lowest BCUT2D eigenvalue weighted by molar-refractivity contribution is -0.155. The lowest BCUT2D eigenvalue weighted by atomic mass is 9.78. The van der Waals surface area contributed by atoms with E-state index in [2.05, 4.69) is 15.8 Å². The van der Waals surface area contributed by atoms with Crippen molar-refractivity contribution in [1.29, 1.82) is 0 Å². The molecule has 0 spiro atoms. The average molecular weight is 346 g/mol. The fourth-order valence-corrected chi connectivity index (χ4v) is 4.68. The molecule has 7 heteroatoms. The number of nitrogens with zero attached hydrogens (tertiary/aromatic N) is 2. The summed E-state index contributed by atoms with van der Waals surface area (Å²) in [4.78, 5) is 27.4. The first-order chi connectivity index (χ1) is 12.2. The van der Waals surface area contributed by atoms with E-state index in [9.17, 15) is 9.59 Å². The molecule has 2 saturated heterocycles. The molecule has 3 fully saturated rings. The fraction of sp³-hybridized carbons (Fsp3) is 0.667. The monoisotopic (exact) mass is 346 g/mol. The molecule has 4 unspecified atom stereocenters. The Hall–Kier alpha value is -1.86. The first-order valence-electron chi connectivity index (χ1n) is 9.31. The Labute approximate surface area is 147 Å². The normalized spacial score (nSPS) is 32.4. The summed E-state index contributed by atoms with van der Waals surface area (Å²) < 4.78 is 5.27. The third kappa shape index (κ3) is 2.95. The Bertz CT molecular complexity index is 632. The number of hydrogen-bond donors (Lipinski definition) is 2. The smallest absolute Gasteiger partial charge is 0.241 e. The minimum absolute atomic E-state index is 0.0227. The van der Waals surface area contributed by atoms with Crippen molar-refractivity contribution >= 4 is 11.8 Å². The van der Waals surface area contributed by atoms with E-state index in [0.29, 0.717) is 19.1 Å². The van der Waals surface area contributed by atoms with Crippen molar-refractivity contribution in [3.8, 4) is 0 Å². The molecule has 0 radical (unpaired) electrons. The van der Waals surface area contributed by atoms with Crippen LogP contribution in [0.25, 0.3) is 0 Å². The zero-order valence-electron chi connectivity index (χ0n) is 14.6. The number of piperazine rings is 1.